The first kappa shape index (κ1) is 11.4. The average molecular weight is 209 g/mol. The molecule has 1 aromatic carbocycles. The van der Waals surface area contributed by atoms with E-state index in [4.69, 9.17) is 5.11 Å². The first-order chi connectivity index (χ1) is 6.93. The minimum Gasteiger partial charge on any atom is -0.508 e. The largest absolute Gasteiger partial charge is 0.508 e. The Hall–Kier alpha value is -1.71. The molecule has 1 rings (SSSR count). The van der Waals surface area contributed by atoms with Crippen LogP contribution >= 0.6 is 0 Å². The number of phenolic OH excluding ortho intramolecular Hbond substituents is 1. The summed E-state index contributed by atoms with van der Waals surface area (Å²) >= 11 is 0. The van der Waals surface area contributed by atoms with Crippen LogP contribution in [0.25, 0.3) is 0 Å². The fraction of sp³-hybridized carbons (Fsp3) is 0.364. The van der Waals surface area contributed by atoms with Gasteiger partial charge in [-0.15, -0.1) is 0 Å². The number of anilines is 1. The van der Waals surface area contributed by atoms with Gasteiger partial charge in [-0.2, -0.15) is 0 Å². The monoisotopic (exact) mass is 209 g/mol. The third-order valence-corrected chi connectivity index (χ3v) is 2.36. The third-order valence-electron chi connectivity index (χ3n) is 2.36. The maximum Gasteiger partial charge on any atom is 0.310 e. The molecule has 0 aliphatic heterocycles. The van der Waals surface area contributed by atoms with Gasteiger partial charge in [-0.05, 0) is 25.1 Å². The van der Waals surface area contributed by atoms with Crippen LogP contribution in [0.15, 0.2) is 18.2 Å². The van der Waals surface area contributed by atoms with E-state index in [0.717, 1.165) is 5.69 Å². The summed E-state index contributed by atoms with van der Waals surface area (Å²) in [6.07, 6.45) is 0. The molecular formula is C11H15NO3. The molecule has 1 atom stereocenters. The second kappa shape index (κ2) is 4.21. The molecule has 15 heavy (non-hydrogen) atoms. The van der Waals surface area contributed by atoms with Crippen molar-refractivity contribution in [2.24, 2.45) is 0 Å². The van der Waals surface area contributed by atoms with Crippen LogP contribution in [0.1, 0.15) is 18.4 Å². The molecule has 1 unspecified atom stereocenters. The molecule has 0 radical (unpaired) electrons. The van der Waals surface area contributed by atoms with Gasteiger partial charge < -0.3 is 15.1 Å². The van der Waals surface area contributed by atoms with Crippen LogP contribution in [0.3, 0.4) is 0 Å². The summed E-state index contributed by atoms with van der Waals surface area (Å²) in [6, 6.07) is 4.95. The highest BCUT2D eigenvalue weighted by atomic mass is 16.4. The molecular weight excluding hydrogens is 194 g/mol. The molecule has 0 saturated heterocycles. The van der Waals surface area contributed by atoms with E-state index in [1.54, 1.807) is 19.1 Å². The van der Waals surface area contributed by atoms with Crippen molar-refractivity contribution in [1.29, 1.82) is 0 Å². The molecule has 0 aliphatic rings. The highest BCUT2D eigenvalue weighted by molar-refractivity contribution is 5.77. The highest BCUT2D eigenvalue weighted by Crippen LogP contribution is 2.29. The molecule has 0 saturated carbocycles. The number of carbonyl (C=O) groups is 1. The van der Waals surface area contributed by atoms with Gasteiger partial charge in [0.15, 0.2) is 0 Å². The molecule has 2 N–H and O–H groups in total. The number of hydrogen-bond acceptors (Lipinski definition) is 3. The zero-order valence-electron chi connectivity index (χ0n) is 9.06. The summed E-state index contributed by atoms with van der Waals surface area (Å²) in [4.78, 5) is 12.7. The van der Waals surface area contributed by atoms with Crippen LogP contribution in [0, 0.1) is 0 Å². The summed E-state index contributed by atoms with van der Waals surface area (Å²) in [5, 5.41) is 18.4. The molecule has 4 nitrogen and oxygen atoms in total. The SMILES string of the molecule is CC(C(=O)O)c1cc(N(C)C)ccc1O. The fourth-order valence-corrected chi connectivity index (χ4v) is 1.30. The Kier molecular flexibility index (Phi) is 3.19. The number of carboxylic acids is 1. The van der Waals surface area contributed by atoms with Crippen molar-refractivity contribution in [2.75, 3.05) is 19.0 Å². The molecule has 0 aliphatic carbocycles. The van der Waals surface area contributed by atoms with Crippen LogP contribution < -0.4 is 4.90 Å². The van der Waals surface area contributed by atoms with Gasteiger partial charge in [0.1, 0.15) is 5.75 Å². The van der Waals surface area contributed by atoms with E-state index in [0.29, 0.717) is 5.56 Å². The lowest BCUT2D eigenvalue weighted by atomic mass is 9.99. The molecule has 0 aromatic heterocycles. The van der Waals surface area contributed by atoms with E-state index in [9.17, 15) is 9.90 Å². The van der Waals surface area contributed by atoms with Crippen molar-refractivity contribution >= 4 is 11.7 Å². The van der Waals surface area contributed by atoms with Crippen LogP contribution in [0.5, 0.6) is 5.75 Å². The lowest BCUT2D eigenvalue weighted by Crippen LogP contribution is -2.11. The normalized spacial score (nSPS) is 12.2. The van der Waals surface area contributed by atoms with Crippen molar-refractivity contribution < 1.29 is 15.0 Å². The van der Waals surface area contributed by atoms with E-state index in [1.165, 1.54) is 6.07 Å². The molecule has 1 aromatic rings. The number of rotatable bonds is 3. The number of aromatic hydroxyl groups is 1. The standard InChI is InChI=1S/C11H15NO3/c1-7(11(14)15)9-6-8(12(2)3)4-5-10(9)13/h4-7,13H,1-3H3,(H,14,15). The zero-order valence-corrected chi connectivity index (χ0v) is 9.06. The lowest BCUT2D eigenvalue weighted by Gasteiger charge is -2.16. The molecule has 0 heterocycles. The summed E-state index contributed by atoms with van der Waals surface area (Å²) in [5.74, 6) is -1.62. The molecule has 0 fully saturated rings. The van der Waals surface area contributed by atoms with Gasteiger partial charge in [0, 0.05) is 25.3 Å². The number of benzene rings is 1. The van der Waals surface area contributed by atoms with E-state index in [1.807, 2.05) is 19.0 Å². The van der Waals surface area contributed by atoms with Crippen molar-refractivity contribution in [2.45, 2.75) is 12.8 Å². The second-order valence-electron chi connectivity index (χ2n) is 3.70. The van der Waals surface area contributed by atoms with E-state index < -0.39 is 11.9 Å². The van der Waals surface area contributed by atoms with Gasteiger partial charge in [-0.3, -0.25) is 4.79 Å². The Morgan fingerprint density at radius 1 is 1.40 bits per heavy atom. The Bertz CT molecular complexity index is 374. The molecule has 0 amide bonds. The van der Waals surface area contributed by atoms with Crippen molar-refractivity contribution in [3.8, 4) is 5.75 Å². The second-order valence-corrected chi connectivity index (χ2v) is 3.70. The number of hydrogen-bond donors (Lipinski definition) is 2. The topological polar surface area (TPSA) is 60.8 Å². The van der Waals surface area contributed by atoms with Gasteiger partial charge in [-0.1, -0.05) is 0 Å². The maximum absolute atomic E-state index is 10.8. The van der Waals surface area contributed by atoms with Gasteiger partial charge in [0.2, 0.25) is 0 Å². The maximum atomic E-state index is 10.8. The fourth-order valence-electron chi connectivity index (χ4n) is 1.30. The smallest absolute Gasteiger partial charge is 0.310 e. The van der Waals surface area contributed by atoms with Crippen LogP contribution in [-0.4, -0.2) is 30.3 Å². The highest BCUT2D eigenvalue weighted by Gasteiger charge is 2.18. The average Bonchev–Trinajstić information content (AvgIpc) is 2.16. The van der Waals surface area contributed by atoms with Crippen LogP contribution in [0.2, 0.25) is 0 Å². The van der Waals surface area contributed by atoms with Gasteiger partial charge in [0.25, 0.3) is 0 Å². The number of phenols is 1. The minimum atomic E-state index is -0.943. The predicted molar refractivity (Wildman–Crippen MR) is 58.5 cm³/mol. The predicted octanol–water partition coefficient (Wildman–Crippen LogP) is 1.65. The van der Waals surface area contributed by atoms with E-state index in [-0.39, 0.29) is 5.75 Å². The summed E-state index contributed by atoms with van der Waals surface area (Å²) < 4.78 is 0. The van der Waals surface area contributed by atoms with Gasteiger partial charge >= 0.3 is 5.97 Å². The Balaban J connectivity index is 3.16. The quantitative estimate of drug-likeness (QED) is 0.794. The van der Waals surface area contributed by atoms with Crippen molar-refractivity contribution in [3.05, 3.63) is 23.8 Å². The van der Waals surface area contributed by atoms with Crippen molar-refractivity contribution in [3.63, 3.8) is 0 Å². The minimum absolute atomic E-state index is 0.0236. The Morgan fingerprint density at radius 2 is 2.00 bits per heavy atom. The lowest BCUT2D eigenvalue weighted by molar-refractivity contribution is -0.138. The van der Waals surface area contributed by atoms with Crippen LogP contribution in [-0.2, 0) is 4.79 Å². The first-order valence-corrected chi connectivity index (χ1v) is 4.66. The first-order valence-electron chi connectivity index (χ1n) is 4.66. The molecule has 82 valence electrons. The molecule has 4 heteroatoms. The third kappa shape index (κ3) is 2.40. The van der Waals surface area contributed by atoms with Crippen molar-refractivity contribution in [1.82, 2.24) is 0 Å². The zero-order chi connectivity index (χ0) is 11.6. The van der Waals surface area contributed by atoms with E-state index in [2.05, 4.69) is 0 Å². The van der Waals surface area contributed by atoms with E-state index >= 15 is 0 Å². The van der Waals surface area contributed by atoms with Crippen LogP contribution in [0.4, 0.5) is 5.69 Å². The Morgan fingerprint density at radius 3 is 2.47 bits per heavy atom. The Labute approximate surface area is 88.8 Å². The summed E-state index contributed by atoms with van der Waals surface area (Å²) in [6.45, 7) is 1.55. The van der Waals surface area contributed by atoms with Gasteiger partial charge in [0.05, 0.1) is 5.92 Å². The van der Waals surface area contributed by atoms with Gasteiger partial charge in [-0.25, -0.2) is 0 Å². The molecule has 0 bridgehead atoms. The number of aliphatic carboxylic acids is 1. The summed E-state index contributed by atoms with van der Waals surface area (Å²) in [7, 11) is 3.73. The summed E-state index contributed by atoms with van der Waals surface area (Å²) in [5.41, 5.74) is 1.31. The number of nitrogens with zero attached hydrogens (tertiary/aromatic N) is 1. The molecule has 0 spiro atoms. The number of carboxylic acid groups (broad SMARTS) is 1.